The molecule has 14 heavy (non-hydrogen) atoms. The third kappa shape index (κ3) is 4.50. The lowest BCUT2D eigenvalue weighted by atomic mass is 9.96. The lowest BCUT2D eigenvalue weighted by Crippen LogP contribution is -1.99. The number of alkyl halides is 1. The van der Waals surface area contributed by atoms with Gasteiger partial charge in [0.25, 0.3) is 7.72 Å². The summed E-state index contributed by atoms with van der Waals surface area (Å²) in [5.41, 5.74) is 1.16. The van der Waals surface area contributed by atoms with Crippen molar-refractivity contribution in [2.24, 2.45) is 0 Å². The highest BCUT2D eigenvalue weighted by Crippen LogP contribution is 2.53. The highest BCUT2D eigenvalue weighted by atomic mass is 31.2. The highest BCUT2D eigenvalue weighted by molar-refractivity contribution is 7.67. The molecule has 0 unspecified atom stereocenters. The lowest BCUT2D eigenvalue weighted by molar-refractivity contribution is 0.441. The maximum atomic E-state index is 11.9. The SMILES string of the molecule is O[P+](O)(C=C1CCCCC1)CCCF. The van der Waals surface area contributed by atoms with E-state index < -0.39 is 14.4 Å². The van der Waals surface area contributed by atoms with Crippen molar-refractivity contribution in [1.29, 1.82) is 0 Å². The molecule has 0 aliphatic heterocycles. The molecule has 0 aromatic carbocycles. The summed E-state index contributed by atoms with van der Waals surface area (Å²) in [5.74, 6) is 1.63. The van der Waals surface area contributed by atoms with E-state index in [9.17, 15) is 14.2 Å². The first-order valence-corrected chi connectivity index (χ1v) is 7.19. The van der Waals surface area contributed by atoms with Crippen LogP contribution in [0.5, 0.6) is 0 Å². The molecule has 2 nitrogen and oxygen atoms in total. The molecule has 1 aliphatic carbocycles. The van der Waals surface area contributed by atoms with Crippen LogP contribution in [0.15, 0.2) is 11.4 Å². The van der Waals surface area contributed by atoms with Gasteiger partial charge in [0.2, 0.25) is 0 Å². The minimum atomic E-state index is -2.93. The molecule has 0 bridgehead atoms. The van der Waals surface area contributed by atoms with E-state index in [1.54, 1.807) is 5.82 Å². The van der Waals surface area contributed by atoms with Crippen LogP contribution in [0.1, 0.15) is 38.5 Å². The normalized spacial score (nSPS) is 18.4. The lowest BCUT2D eigenvalue weighted by Gasteiger charge is -2.14. The summed E-state index contributed by atoms with van der Waals surface area (Å²) in [4.78, 5) is 19.2. The van der Waals surface area contributed by atoms with Gasteiger partial charge in [-0.1, -0.05) is 6.42 Å². The summed E-state index contributed by atoms with van der Waals surface area (Å²) < 4.78 is 11.9. The Bertz CT molecular complexity index is 196. The van der Waals surface area contributed by atoms with Crippen LogP contribution in [0.4, 0.5) is 4.39 Å². The molecule has 1 saturated carbocycles. The fraction of sp³-hybridized carbons (Fsp3) is 0.800. The first kappa shape index (κ1) is 12.1. The second kappa shape index (κ2) is 5.79. The summed E-state index contributed by atoms with van der Waals surface area (Å²) in [6.07, 6.45) is 5.96. The van der Waals surface area contributed by atoms with Crippen LogP contribution in [-0.4, -0.2) is 22.6 Å². The second-order valence-corrected chi connectivity index (χ2v) is 6.18. The molecule has 1 fully saturated rings. The smallest absolute Gasteiger partial charge is 0.251 e. The van der Waals surface area contributed by atoms with E-state index in [1.165, 1.54) is 6.42 Å². The average Bonchev–Trinajstić information content (AvgIpc) is 2.16. The third-order valence-corrected chi connectivity index (χ3v) is 4.26. The zero-order chi connectivity index (χ0) is 10.4. The number of hydrogen-bond donors (Lipinski definition) is 2. The van der Waals surface area contributed by atoms with E-state index in [-0.39, 0.29) is 12.6 Å². The number of halogens is 1. The minimum absolute atomic E-state index is 0.201. The van der Waals surface area contributed by atoms with E-state index in [4.69, 9.17) is 0 Å². The van der Waals surface area contributed by atoms with E-state index in [0.717, 1.165) is 31.3 Å². The molecule has 0 heterocycles. The molecule has 0 saturated heterocycles. The Hall–Kier alpha value is 0.0200. The second-order valence-electron chi connectivity index (χ2n) is 3.90. The Morgan fingerprint density at radius 3 is 2.43 bits per heavy atom. The first-order valence-electron chi connectivity index (χ1n) is 5.24. The van der Waals surface area contributed by atoms with Gasteiger partial charge in [-0.3, -0.25) is 4.39 Å². The third-order valence-electron chi connectivity index (χ3n) is 2.51. The largest absolute Gasteiger partial charge is 0.292 e. The number of hydrogen-bond acceptors (Lipinski definition) is 2. The molecule has 0 amide bonds. The molecule has 0 radical (unpaired) electrons. The van der Waals surface area contributed by atoms with Crippen LogP contribution < -0.4 is 0 Å². The molecular weight excluding hydrogens is 202 g/mol. The Morgan fingerprint density at radius 1 is 1.21 bits per heavy atom. The van der Waals surface area contributed by atoms with E-state index in [2.05, 4.69) is 0 Å². The number of rotatable bonds is 4. The summed E-state index contributed by atoms with van der Waals surface area (Å²) in [7, 11) is -2.93. The van der Waals surface area contributed by atoms with Crippen LogP contribution in [0.3, 0.4) is 0 Å². The van der Waals surface area contributed by atoms with E-state index in [1.807, 2.05) is 0 Å². The van der Waals surface area contributed by atoms with E-state index >= 15 is 0 Å². The van der Waals surface area contributed by atoms with Crippen LogP contribution >= 0.6 is 7.72 Å². The van der Waals surface area contributed by atoms with Crippen molar-refractivity contribution in [2.45, 2.75) is 38.5 Å². The van der Waals surface area contributed by atoms with Crippen LogP contribution in [-0.2, 0) is 0 Å². The van der Waals surface area contributed by atoms with Crippen molar-refractivity contribution >= 4 is 7.72 Å². The topological polar surface area (TPSA) is 40.5 Å². The zero-order valence-electron chi connectivity index (χ0n) is 8.45. The molecule has 4 heteroatoms. The van der Waals surface area contributed by atoms with Gasteiger partial charge in [-0.25, -0.2) is 9.79 Å². The molecule has 82 valence electrons. The molecule has 0 aromatic heterocycles. The van der Waals surface area contributed by atoms with Crippen molar-refractivity contribution in [3.05, 3.63) is 11.4 Å². The van der Waals surface area contributed by atoms with Gasteiger partial charge in [0.05, 0.1) is 6.67 Å². The minimum Gasteiger partial charge on any atom is -0.251 e. The van der Waals surface area contributed by atoms with Gasteiger partial charge in [0, 0.05) is 6.42 Å². The standard InChI is InChI=1S/C10H19FO2P/c11-7-4-8-14(12,13)9-10-5-2-1-3-6-10/h9,12-13H,1-8H2/q+1. The fourth-order valence-corrected chi connectivity index (χ4v) is 3.34. The summed E-state index contributed by atoms with van der Waals surface area (Å²) in [6, 6.07) is 0. The monoisotopic (exact) mass is 221 g/mol. The molecule has 0 atom stereocenters. The molecule has 1 aliphatic rings. The van der Waals surface area contributed by atoms with Crippen molar-refractivity contribution in [3.63, 3.8) is 0 Å². The Labute approximate surface area is 85.3 Å². The van der Waals surface area contributed by atoms with Gasteiger partial charge in [0.1, 0.15) is 12.0 Å². The zero-order valence-corrected chi connectivity index (χ0v) is 9.35. The predicted molar refractivity (Wildman–Crippen MR) is 58.0 cm³/mol. The van der Waals surface area contributed by atoms with Crippen molar-refractivity contribution < 1.29 is 14.2 Å². The molecule has 0 aromatic rings. The van der Waals surface area contributed by atoms with Crippen LogP contribution in [0.25, 0.3) is 0 Å². The Kier molecular flexibility index (Phi) is 5.00. The van der Waals surface area contributed by atoms with Gasteiger partial charge in [-0.05, 0) is 31.3 Å². The maximum absolute atomic E-state index is 11.9. The number of allylic oxidation sites excluding steroid dienone is 1. The Balaban J connectivity index is 2.45. The average molecular weight is 221 g/mol. The molecule has 1 rings (SSSR count). The van der Waals surface area contributed by atoms with Crippen molar-refractivity contribution in [2.75, 3.05) is 12.8 Å². The fourth-order valence-electron chi connectivity index (χ4n) is 1.78. The summed E-state index contributed by atoms with van der Waals surface area (Å²) in [6.45, 7) is -0.466. The molecular formula is C10H19FO2P+. The Morgan fingerprint density at radius 2 is 1.86 bits per heavy atom. The van der Waals surface area contributed by atoms with Crippen LogP contribution in [0.2, 0.25) is 0 Å². The van der Waals surface area contributed by atoms with Gasteiger partial charge in [-0.2, -0.15) is 0 Å². The molecule has 0 spiro atoms. The molecule has 2 N–H and O–H groups in total. The highest BCUT2D eigenvalue weighted by Gasteiger charge is 2.30. The van der Waals surface area contributed by atoms with Gasteiger partial charge >= 0.3 is 0 Å². The summed E-state index contributed by atoms with van der Waals surface area (Å²) >= 11 is 0. The predicted octanol–water partition coefficient (Wildman–Crippen LogP) is 3.03. The van der Waals surface area contributed by atoms with Crippen LogP contribution in [0, 0.1) is 0 Å². The summed E-state index contributed by atoms with van der Waals surface area (Å²) in [5, 5.41) is 0. The van der Waals surface area contributed by atoms with Gasteiger partial charge in [0.15, 0.2) is 0 Å². The van der Waals surface area contributed by atoms with Gasteiger partial charge in [-0.15, -0.1) is 0 Å². The van der Waals surface area contributed by atoms with Crippen molar-refractivity contribution in [1.82, 2.24) is 0 Å². The van der Waals surface area contributed by atoms with E-state index in [0.29, 0.717) is 0 Å². The maximum Gasteiger partial charge on any atom is 0.292 e. The van der Waals surface area contributed by atoms with Crippen molar-refractivity contribution in [3.8, 4) is 0 Å². The first-order chi connectivity index (χ1) is 6.64. The quantitative estimate of drug-likeness (QED) is 0.716. The van der Waals surface area contributed by atoms with Gasteiger partial charge < -0.3 is 0 Å².